The molecule has 0 radical (unpaired) electrons. The molecule has 2 aliphatic rings. The summed E-state index contributed by atoms with van der Waals surface area (Å²) in [6.07, 6.45) is 3.71. The second-order valence-corrected chi connectivity index (χ2v) is 21.5. The van der Waals surface area contributed by atoms with E-state index in [9.17, 15) is 10.2 Å². The van der Waals surface area contributed by atoms with Crippen LogP contribution in [0.3, 0.4) is 0 Å². The molecule has 6 heteroatoms. The third kappa shape index (κ3) is 9.18. The minimum atomic E-state index is -0.350. The van der Waals surface area contributed by atoms with E-state index in [0.29, 0.717) is 22.3 Å². The predicted octanol–water partition coefficient (Wildman–Crippen LogP) is 17.2. The van der Waals surface area contributed by atoms with Gasteiger partial charge in [-0.25, -0.2) is 0 Å². The van der Waals surface area contributed by atoms with Crippen molar-refractivity contribution in [1.82, 2.24) is 9.80 Å². The first-order valence-electron chi connectivity index (χ1n) is 27.7. The molecule has 0 aromatic heterocycles. The van der Waals surface area contributed by atoms with Crippen molar-refractivity contribution < 1.29 is 10.2 Å². The fraction of sp³-hybridized carbons (Fsp3) is 0.108. The first-order valence-corrected chi connectivity index (χ1v) is 27.7. The number of rotatable bonds is 13. The Kier molecular flexibility index (Phi) is 12.9. The van der Waals surface area contributed by atoms with Crippen LogP contribution in [0.25, 0.3) is 54.2 Å². The summed E-state index contributed by atoms with van der Waals surface area (Å²) in [7, 11) is 0. The van der Waals surface area contributed by atoms with Gasteiger partial charge in [0.1, 0.15) is 11.5 Å². The highest BCUT2D eigenvalue weighted by atomic mass is 16.3. The maximum atomic E-state index is 13.0. The van der Waals surface area contributed by atoms with Crippen molar-refractivity contribution in [3.63, 3.8) is 0 Å². The van der Waals surface area contributed by atoms with Crippen LogP contribution in [0.1, 0.15) is 79.8 Å². The maximum absolute atomic E-state index is 13.0. The summed E-state index contributed by atoms with van der Waals surface area (Å²) in [6.45, 7) is 3.11. The molecule has 0 aliphatic carbocycles. The van der Waals surface area contributed by atoms with Crippen molar-refractivity contribution >= 4 is 55.5 Å². The molecule has 2 N–H and O–H groups in total. The lowest BCUT2D eigenvalue weighted by molar-refractivity contribution is 0.174. The van der Waals surface area contributed by atoms with Crippen LogP contribution in [0.5, 0.6) is 11.5 Å². The first-order chi connectivity index (χ1) is 39.5. The molecule has 0 saturated carbocycles. The van der Waals surface area contributed by atoms with E-state index in [2.05, 4.69) is 204 Å². The topological polar surface area (TPSA) is 71.7 Å². The van der Waals surface area contributed by atoms with Crippen LogP contribution >= 0.6 is 0 Å². The minimum absolute atomic E-state index is 0.0397. The highest BCUT2D eigenvalue weighted by Gasteiger charge is 2.36. The van der Waals surface area contributed by atoms with E-state index in [1.54, 1.807) is 0 Å². The number of aromatic hydroxyl groups is 2. The molecule has 4 atom stereocenters. The maximum Gasteiger partial charge on any atom is 0.132 e. The molecule has 0 unspecified atom stereocenters. The zero-order valence-corrected chi connectivity index (χ0v) is 44.2. The number of benzene rings is 12. The van der Waals surface area contributed by atoms with Crippen LogP contribution in [0.15, 0.2) is 265 Å². The Morgan fingerprint density at radius 3 is 0.912 bits per heavy atom. The zero-order valence-electron chi connectivity index (χ0n) is 44.2. The van der Waals surface area contributed by atoms with Crippen molar-refractivity contribution in [3.8, 4) is 22.6 Å². The summed E-state index contributed by atoms with van der Waals surface area (Å²) in [6, 6.07) is 88.4. The summed E-state index contributed by atoms with van der Waals surface area (Å²) in [4.78, 5) is 16.2. The van der Waals surface area contributed by atoms with Gasteiger partial charge in [0, 0.05) is 60.9 Å². The monoisotopic (exact) mass is 1030 g/mol. The standard InChI is InChI=1S/C74H58N4O2/c79-73-59(43-75-69(49-21-5-1-6-22-49)71(51-25-9-3-10-26-51)77-45-61-37-53-29-13-14-30-54(53)38-62(61)46-77)41-57-33-17-19-35-65(57)67(73)68-66-36-20-18-34-58(66)42-60(74(68)80)44-76-70(50-23-7-2-8-24-50)72(52-27-11-4-12-28-52)78-47-63-39-55-31-15-16-32-56(55)40-64(63)48-78/h1-44,69-72,79-80H,45-48H2/t69-,70-,71-,72-/m0/s1. The molecule has 6 nitrogen and oxygen atoms in total. The van der Waals surface area contributed by atoms with E-state index < -0.39 is 0 Å². The molecular formula is C74H58N4O2. The lowest BCUT2D eigenvalue weighted by Gasteiger charge is -2.33. The van der Waals surface area contributed by atoms with Crippen molar-refractivity contribution in [1.29, 1.82) is 0 Å². The average molecular weight is 1040 g/mol. The Labute approximate surface area is 466 Å². The van der Waals surface area contributed by atoms with Crippen LogP contribution in [0, 0.1) is 0 Å². The van der Waals surface area contributed by atoms with Gasteiger partial charge in [-0.1, -0.05) is 218 Å². The highest BCUT2D eigenvalue weighted by molar-refractivity contribution is 6.14. The molecule has 0 spiro atoms. The number of fused-ring (bicyclic) bond motifs is 6. The lowest BCUT2D eigenvalue weighted by Crippen LogP contribution is -2.28. The number of hydrogen-bond acceptors (Lipinski definition) is 6. The summed E-state index contributed by atoms with van der Waals surface area (Å²) in [5.41, 5.74) is 12.0. The Morgan fingerprint density at radius 2 is 0.588 bits per heavy atom. The fourth-order valence-electron chi connectivity index (χ4n) is 12.9. The molecule has 12 aromatic rings. The van der Waals surface area contributed by atoms with Gasteiger partial charge in [0.15, 0.2) is 0 Å². The molecular weight excluding hydrogens is 977 g/mol. The molecule has 14 rings (SSSR count). The van der Waals surface area contributed by atoms with Gasteiger partial charge in [-0.05, 0) is 124 Å². The molecule has 2 heterocycles. The molecule has 0 amide bonds. The molecule has 2 aliphatic heterocycles. The van der Waals surface area contributed by atoms with Gasteiger partial charge in [0.2, 0.25) is 0 Å². The Balaban J connectivity index is 0.887. The molecule has 0 bridgehead atoms. The number of phenolic OH excluding ortho intramolecular Hbond substituents is 2. The quantitative estimate of drug-likeness (QED) is 0.113. The number of hydrogen-bond donors (Lipinski definition) is 2. The van der Waals surface area contributed by atoms with Crippen molar-refractivity contribution in [2.45, 2.75) is 50.3 Å². The van der Waals surface area contributed by atoms with E-state index in [0.717, 1.165) is 70.0 Å². The van der Waals surface area contributed by atoms with E-state index in [1.165, 1.54) is 43.8 Å². The summed E-state index contributed by atoms with van der Waals surface area (Å²) in [5, 5.41) is 34.5. The Morgan fingerprint density at radius 1 is 0.312 bits per heavy atom. The fourth-order valence-corrected chi connectivity index (χ4v) is 12.9. The summed E-state index contributed by atoms with van der Waals surface area (Å²) < 4.78 is 0. The third-order valence-electron chi connectivity index (χ3n) is 16.7. The van der Waals surface area contributed by atoms with Gasteiger partial charge in [-0.2, -0.15) is 0 Å². The first kappa shape index (κ1) is 48.9. The van der Waals surface area contributed by atoms with E-state index in [1.807, 2.05) is 73.1 Å². The summed E-state index contributed by atoms with van der Waals surface area (Å²) in [5.74, 6) is 0.0794. The molecule has 0 saturated heterocycles. The van der Waals surface area contributed by atoms with Crippen LogP contribution in [0.2, 0.25) is 0 Å². The normalized spacial score (nSPS) is 15.2. The van der Waals surface area contributed by atoms with Crippen molar-refractivity contribution in [2.24, 2.45) is 9.98 Å². The smallest absolute Gasteiger partial charge is 0.132 e. The summed E-state index contributed by atoms with van der Waals surface area (Å²) >= 11 is 0. The minimum Gasteiger partial charge on any atom is -0.507 e. The number of aliphatic imine (C=N–C) groups is 2. The molecule has 12 aromatic carbocycles. The van der Waals surface area contributed by atoms with Crippen molar-refractivity contribution in [2.75, 3.05) is 0 Å². The van der Waals surface area contributed by atoms with Crippen LogP contribution in [-0.4, -0.2) is 32.4 Å². The van der Waals surface area contributed by atoms with Gasteiger partial charge in [0.05, 0.1) is 24.2 Å². The van der Waals surface area contributed by atoms with Gasteiger partial charge in [-0.3, -0.25) is 19.8 Å². The van der Waals surface area contributed by atoms with Crippen LogP contribution in [0.4, 0.5) is 0 Å². The van der Waals surface area contributed by atoms with Crippen LogP contribution < -0.4 is 0 Å². The van der Waals surface area contributed by atoms with Crippen molar-refractivity contribution in [3.05, 3.63) is 310 Å². The molecule has 80 heavy (non-hydrogen) atoms. The Bertz CT molecular complexity index is 3950. The SMILES string of the molecule is Oc1c(C=N[C@@H](c2ccccc2)[C@H](c2ccccc2)N2Cc3cc4ccccc4cc3C2)cc2ccccc2c1-c1c(O)c(C=N[C@@H](c2ccccc2)[C@H](c2ccccc2)N2Cc3cc4ccccc4cc3C2)cc2ccccc12. The molecule has 0 fully saturated rings. The second-order valence-electron chi connectivity index (χ2n) is 21.5. The van der Waals surface area contributed by atoms with E-state index in [-0.39, 0.29) is 35.7 Å². The van der Waals surface area contributed by atoms with Gasteiger partial charge in [0.25, 0.3) is 0 Å². The Hall–Kier alpha value is -9.46. The zero-order chi connectivity index (χ0) is 53.5. The van der Waals surface area contributed by atoms with E-state index in [4.69, 9.17) is 9.98 Å². The van der Waals surface area contributed by atoms with Gasteiger partial charge >= 0.3 is 0 Å². The number of phenols is 2. The van der Waals surface area contributed by atoms with Gasteiger partial charge in [-0.15, -0.1) is 0 Å². The van der Waals surface area contributed by atoms with Gasteiger partial charge < -0.3 is 10.2 Å². The molecule has 386 valence electrons. The largest absolute Gasteiger partial charge is 0.507 e. The third-order valence-corrected chi connectivity index (χ3v) is 16.7. The van der Waals surface area contributed by atoms with E-state index >= 15 is 0 Å². The predicted molar refractivity (Wildman–Crippen MR) is 329 cm³/mol. The average Bonchev–Trinajstić information content (AvgIpc) is 4.26. The van der Waals surface area contributed by atoms with Crippen LogP contribution in [-0.2, 0) is 26.2 Å². The number of nitrogens with zero attached hydrogens (tertiary/aromatic N) is 4. The lowest BCUT2D eigenvalue weighted by atomic mass is 9.88. The highest BCUT2D eigenvalue weighted by Crippen LogP contribution is 2.49. The second kappa shape index (κ2) is 21.1.